The molecule has 32 heavy (non-hydrogen) atoms. The van der Waals surface area contributed by atoms with Crippen LogP contribution in [0.2, 0.25) is 0 Å². The molecule has 3 rings (SSSR count). The van der Waals surface area contributed by atoms with Gasteiger partial charge in [-0.05, 0) is 47.5 Å². The first kappa shape index (κ1) is 22.6. The Hall–Kier alpha value is -4.05. The SMILES string of the molecule is N#CC(=Cc1ccc(C=C(C#N)S(=O)(=O)c2ccccn2)cc1)S(=O)(=O)c1ccccc1. The zero-order valence-corrected chi connectivity index (χ0v) is 18.1. The Kier molecular flexibility index (Phi) is 6.64. The second-order valence-electron chi connectivity index (χ2n) is 6.40. The van der Waals surface area contributed by atoms with Crippen LogP contribution in [0.25, 0.3) is 12.2 Å². The molecule has 0 atom stereocenters. The average molecular weight is 462 g/mol. The van der Waals surface area contributed by atoms with Gasteiger partial charge in [-0.3, -0.25) is 0 Å². The molecule has 0 unspecified atom stereocenters. The molecule has 0 amide bonds. The van der Waals surface area contributed by atoms with Crippen LogP contribution in [0.4, 0.5) is 0 Å². The lowest BCUT2D eigenvalue weighted by atomic mass is 10.1. The highest BCUT2D eigenvalue weighted by Crippen LogP contribution is 2.22. The maximum Gasteiger partial charge on any atom is 0.233 e. The molecule has 0 aliphatic carbocycles. The van der Waals surface area contributed by atoms with Crippen LogP contribution in [0.5, 0.6) is 0 Å². The second-order valence-corrected chi connectivity index (χ2v) is 10.2. The predicted octanol–water partition coefficient (Wildman–Crippen LogP) is 3.76. The van der Waals surface area contributed by atoms with Gasteiger partial charge in [0.25, 0.3) is 0 Å². The summed E-state index contributed by atoms with van der Waals surface area (Å²) in [6, 6.07) is 21.4. The molecule has 7 nitrogen and oxygen atoms in total. The second kappa shape index (κ2) is 9.40. The van der Waals surface area contributed by atoms with E-state index in [1.807, 2.05) is 0 Å². The molecule has 0 N–H and O–H groups in total. The number of hydrogen-bond acceptors (Lipinski definition) is 7. The van der Waals surface area contributed by atoms with Crippen molar-refractivity contribution in [1.82, 2.24) is 4.98 Å². The quantitative estimate of drug-likeness (QED) is 0.511. The van der Waals surface area contributed by atoms with E-state index in [9.17, 15) is 27.4 Å². The van der Waals surface area contributed by atoms with Crippen molar-refractivity contribution in [2.45, 2.75) is 9.92 Å². The van der Waals surface area contributed by atoms with Crippen molar-refractivity contribution in [3.63, 3.8) is 0 Å². The van der Waals surface area contributed by atoms with Crippen molar-refractivity contribution < 1.29 is 16.8 Å². The normalized spacial score (nSPS) is 12.6. The molecule has 1 heterocycles. The van der Waals surface area contributed by atoms with Gasteiger partial charge in [-0.1, -0.05) is 48.5 Å². The molecule has 2 aromatic carbocycles. The van der Waals surface area contributed by atoms with E-state index in [-0.39, 0.29) is 9.92 Å². The number of sulfone groups is 2. The van der Waals surface area contributed by atoms with Crippen molar-refractivity contribution in [3.8, 4) is 12.1 Å². The summed E-state index contributed by atoms with van der Waals surface area (Å²) in [4.78, 5) is 2.88. The van der Waals surface area contributed by atoms with Gasteiger partial charge in [0.1, 0.15) is 17.0 Å². The average Bonchev–Trinajstić information content (AvgIpc) is 2.82. The highest BCUT2D eigenvalue weighted by molar-refractivity contribution is 7.96. The summed E-state index contributed by atoms with van der Waals surface area (Å²) in [6.45, 7) is 0. The van der Waals surface area contributed by atoms with E-state index in [1.165, 1.54) is 66.9 Å². The molecular weight excluding hydrogens is 446 g/mol. The number of allylic oxidation sites excluding steroid dienone is 2. The predicted molar refractivity (Wildman–Crippen MR) is 119 cm³/mol. The summed E-state index contributed by atoms with van der Waals surface area (Å²) in [5, 5.41) is 18.5. The Labute approximate surface area is 186 Å². The minimum absolute atomic E-state index is 0.00532. The summed E-state index contributed by atoms with van der Waals surface area (Å²) < 4.78 is 50.5. The van der Waals surface area contributed by atoms with Gasteiger partial charge in [0.2, 0.25) is 19.7 Å². The highest BCUT2D eigenvalue weighted by atomic mass is 32.2. The number of nitrogens with zero attached hydrogens (tertiary/aromatic N) is 3. The van der Waals surface area contributed by atoms with Crippen molar-refractivity contribution >= 4 is 31.8 Å². The molecular formula is C23H15N3O4S2. The van der Waals surface area contributed by atoms with Crippen LogP contribution in [0.3, 0.4) is 0 Å². The molecule has 0 saturated heterocycles. The van der Waals surface area contributed by atoms with Crippen LogP contribution < -0.4 is 0 Å². The molecule has 1 aromatic heterocycles. The number of nitriles is 2. The van der Waals surface area contributed by atoms with E-state index in [0.29, 0.717) is 11.1 Å². The van der Waals surface area contributed by atoms with Gasteiger partial charge in [-0.15, -0.1) is 0 Å². The number of pyridine rings is 1. The fraction of sp³-hybridized carbons (Fsp3) is 0. The molecule has 0 radical (unpaired) electrons. The molecule has 0 aliphatic heterocycles. The van der Waals surface area contributed by atoms with Gasteiger partial charge in [-0.25, -0.2) is 21.8 Å². The topological polar surface area (TPSA) is 129 Å². The standard InChI is InChI=1S/C23H15N3O4S2/c24-16-21(31(27,28)20-6-2-1-3-7-20)14-18-9-11-19(12-10-18)15-22(17-25)32(29,30)23-8-4-5-13-26-23/h1-15H. The molecule has 0 saturated carbocycles. The Bertz CT molecular complexity index is 1360. The number of aromatic nitrogens is 1. The first-order chi connectivity index (χ1) is 15.3. The van der Waals surface area contributed by atoms with Gasteiger partial charge < -0.3 is 0 Å². The lowest BCUT2D eigenvalue weighted by molar-refractivity contribution is 0.599. The van der Waals surface area contributed by atoms with Crippen molar-refractivity contribution in [1.29, 1.82) is 10.5 Å². The third-order valence-electron chi connectivity index (χ3n) is 4.30. The third kappa shape index (κ3) is 4.81. The molecule has 0 bridgehead atoms. The van der Waals surface area contributed by atoms with Crippen LogP contribution in [0.1, 0.15) is 11.1 Å². The monoisotopic (exact) mass is 461 g/mol. The van der Waals surface area contributed by atoms with Gasteiger partial charge in [0, 0.05) is 6.20 Å². The Balaban J connectivity index is 1.94. The van der Waals surface area contributed by atoms with Crippen LogP contribution >= 0.6 is 0 Å². The fourth-order valence-corrected chi connectivity index (χ4v) is 4.95. The lowest BCUT2D eigenvalue weighted by Crippen LogP contribution is -2.05. The molecule has 0 aliphatic rings. The largest absolute Gasteiger partial charge is 0.244 e. The van der Waals surface area contributed by atoms with Crippen molar-refractivity contribution in [2.75, 3.05) is 0 Å². The Morgan fingerprint density at radius 1 is 0.688 bits per heavy atom. The summed E-state index contributed by atoms with van der Waals surface area (Å²) in [6.07, 6.45) is 3.74. The summed E-state index contributed by atoms with van der Waals surface area (Å²) in [5.41, 5.74) is 0.826. The molecule has 9 heteroatoms. The van der Waals surface area contributed by atoms with E-state index >= 15 is 0 Å². The number of rotatable bonds is 6. The van der Waals surface area contributed by atoms with Crippen LogP contribution in [0, 0.1) is 22.7 Å². The Morgan fingerprint density at radius 3 is 1.66 bits per heavy atom. The maximum atomic E-state index is 12.7. The highest BCUT2D eigenvalue weighted by Gasteiger charge is 2.22. The van der Waals surface area contributed by atoms with E-state index in [1.54, 1.807) is 36.4 Å². The number of benzene rings is 2. The van der Waals surface area contributed by atoms with Crippen molar-refractivity contribution in [2.24, 2.45) is 0 Å². The summed E-state index contributed by atoms with van der Waals surface area (Å²) >= 11 is 0. The van der Waals surface area contributed by atoms with Gasteiger partial charge in [0.05, 0.1) is 4.90 Å². The van der Waals surface area contributed by atoms with E-state index < -0.39 is 29.5 Å². The zero-order valence-electron chi connectivity index (χ0n) is 16.5. The van der Waals surface area contributed by atoms with E-state index in [2.05, 4.69) is 4.98 Å². The fourth-order valence-electron chi connectivity index (χ4n) is 2.68. The van der Waals surface area contributed by atoms with E-state index in [4.69, 9.17) is 0 Å². The Morgan fingerprint density at radius 2 is 1.19 bits per heavy atom. The first-order valence-electron chi connectivity index (χ1n) is 9.09. The summed E-state index contributed by atoms with van der Waals surface area (Å²) in [7, 11) is -8.05. The van der Waals surface area contributed by atoms with Crippen LogP contribution in [-0.2, 0) is 19.7 Å². The minimum Gasteiger partial charge on any atom is -0.244 e. The molecule has 158 valence electrons. The van der Waals surface area contributed by atoms with Crippen LogP contribution in [-0.4, -0.2) is 21.8 Å². The molecule has 0 fully saturated rings. The van der Waals surface area contributed by atoms with Gasteiger partial charge in [0.15, 0.2) is 9.93 Å². The minimum atomic E-state index is -4.08. The third-order valence-corrected chi connectivity index (χ3v) is 7.56. The maximum absolute atomic E-state index is 12.7. The summed E-state index contributed by atoms with van der Waals surface area (Å²) in [5.74, 6) is 0. The van der Waals surface area contributed by atoms with Gasteiger partial charge in [-0.2, -0.15) is 10.5 Å². The number of hydrogen-bond donors (Lipinski definition) is 0. The molecule has 0 spiro atoms. The smallest absolute Gasteiger partial charge is 0.233 e. The van der Waals surface area contributed by atoms with Gasteiger partial charge >= 0.3 is 0 Å². The van der Waals surface area contributed by atoms with Crippen molar-refractivity contribution in [3.05, 3.63) is 99.9 Å². The lowest BCUT2D eigenvalue weighted by Gasteiger charge is -2.04. The molecule has 3 aromatic rings. The van der Waals surface area contributed by atoms with E-state index in [0.717, 1.165) is 0 Å². The first-order valence-corrected chi connectivity index (χ1v) is 12.1. The van der Waals surface area contributed by atoms with Crippen LogP contribution in [0.15, 0.2) is 98.7 Å². The zero-order chi connectivity index (χ0) is 23.2.